The molecule has 1 aliphatic rings. The Kier molecular flexibility index (Phi) is 3.84. The lowest BCUT2D eigenvalue weighted by Gasteiger charge is -2.12. The van der Waals surface area contributed by atoms with E-state index in [1.807, 2.05) is 12.1 Å². The fraction of sp³-hybridized carbons (Fsp3) is 0.333. The SMILES string of the molecule is COc1cccc(Cl)c1CNc1nccn(C2CC2)c1=O. The van der Waals surface area contributed by atoms with Crippen LogP contribution in [0.15, 0.2) is 35.4 Å². The zero-order valence-electron chi connectivity index (χ0n) is 11.7. The molecule has 0 saturated heterocycles. The van der Waals surface area contributed by atoms with Gasteiger partial charge in [0.05, 0.1) is 7.11 Å². The summed E-state index contributed by atoms with van der Waals surface area (Å²) in [5, 5.41) is 3.66. The average Bonchev–Trinajstić information content (AvgIpc) is 3.31. The van der Waals surface area contributed by atoms with Crippen LogP contribution in [-0.4, -0.2) is 16.7 Å². The van der Waals surface area contributed by atoms with Crippen molar-refractivity contribution in [3.63, 3.8) is 0 Å². The van der Waals surface area contributed by atoms with Gasteiger partial charge in [-0.15, -0.1) is 0 Å². The van der Waals surface area contributed by atoms with Crippen molar-refractivity contribution in [1.29, 1.82) is 0 Å². The summed E-state index contributed by atoms with van der Waals surface area (Å²) in [7, 11) is 1.59. The van der Waals surface area contributed by atoms with Gasteiger partial charge in [-0.2, -0.15) is 0 Å². The van der Waals surface area contributed by atoms with Crippen LogP contribution in [-0.2, 0) is 6.54 Å². The molecule has 0 amide bonds. The van der Waals surface area contributed by atoms with Gasteiger partial charge in [0, 0.05) is 35.6 Å². The van der Waals surface area contributed by atoms with Gasteiger partial charge in [0.1, 0.15) is 5.75 Å². The molecule has 2 aromatic rings. The zero-order valence-corrected chi connectivity index (χ0v) is 12.4. The van der Waals surface area contributed by atoms with E-state index < -0.39 is 0 Å². The van der Waals surface area contributed by atoms with Gasteiger partial charge in [0.15, 0.2) is 5.82 Å². The number of nitrogens with zero attached hydrogens (tertiary/aromatic N) is 2. The van der Waals surface area contributed by atoms with E-state index in [9.17, 15) is 4.79 Å². The molecule has 110 valence electrons. The van der Waals surface area contributed by atoms with Crippen molar-refractivity contribution in [3.8, 4) is 5.75 Å². The lowest BCUT2D eigenvalue weighted by Crippen LogP contribution is -2.23. The highest BCUT2D eigenvalue weighted by Crippen LogP contribution is 2.33. The monoisotopic (exact) mass is 305 g/mol. The molecule has 0 atom stereocenters. The number of benzene rings is 1. The Balaban J connectivity index is 1.83. The number of rotatable bonds is 5. The first-order valence-electron chi connectivity index (χ1n) is 6.83. The van der Waals surface area contributed by atoms with Crippen LogP contribution in [0.25, 0.3) is 0 Å². The molecule has 0 radical (unpaired) electrons. The van der Waals surface area contributed by atoms with Gasteiger partial charge in [-0.25, -0.2) is 4.98 Å². The van der Waals surface area contributed by atoms with E-state index in [0.717, 1.165) is 18.4 Å². The number of aromatic nitrogens is 2. The van der Waals surface area contributed by atoms with Gasteiger partial charge in [-0.3, -0.25) is 4.79 Å². The van der Waals surface area contributed by atoms with E-state index >= 15 is 0 Å². The van der Waals surface area contributed by atoms with Crippen LogP contribution in [0.5, 0.6) is 5.75 Å². The molecule has 1 aliphatic carbocycles. The molecule has 3 rings (SSSR count). The van der Waals surface area contributed by atoms with Crippen molar-refractivity contribution < 1.29 is 4.74 Å². The van der Waals surface area contributed by atoms with E-state index in [1.165, 1.54) is 0 Å². The number of hydrogen-bond donors (Lipinski definition) is 1. The minimum absolute atomic E-state index is 0.0916. The molecular formula is C15H16ClN3O2. The van der Waals surface area contributed by atoms with Crippen LogP contribution in [0, 0.1) is 0 Å². The second-order valence-electron chi connectivity index (χ2n) is 4.99. The molecule has 1 saturated carbocycles. The van der Waals surface area contributed by atoms with Gasteiger partial charge >= 0.3 is 0 Å². The summed E-state index contributed by atoms with van der Waals surface area (Å²) in [5.74, 6) is 1.03. The Morgan fingerprint density at radius 1 is 1.48 bits per heavy atom. The number of methoxy groups -OCH3 is 1. The number of halogens is 1. The quantitative estimate of drug-likeness (QED) is 0.923. The van der Waals surface area contributed by atoms with E-state index in [1.54, 1.807) is 30.1 Å². The van der Waals surface area contributed by atoms with Gasteiger partial charge in [0.25, 0.3) is 5.56 Å². The molecule has 1 N–H and O–H groups in total. The Morgan fingerprint density at radius 2 is 2.29 bits per heavy atom. The maximum Gasteiger partial charge on any atom is 0.293 e. The molecule has 1 aromatic carbocycles. The third-order valence-corrected chi connectivity index (χ3v) is 3.89. The second kappa shape index (κ2) is 5.77. The van der Waals surface area contributed by atoms with E-state index in [2.05, 4.69) is 10.3 Å². The Labute approximate surface area is 127 Å². The maximum atomic E-state index is 12.3. The molecule has 1 heterocycles. The molecule has 1 fully saturated rings. The zero-order chi connectivity index (χ0) is 14.8. The summed E-state index contributed by atoms with van der Waals surface area (Å²) >= 11 is 6.18. The molecule has 0 bridgehead atoms. The van der Waals surface area contributed by atoms with Crippen LogP contribution < -0.4 is 15.6 Å². The van der Waals surface area contributed by atoms with E-state index in [-0.39, 0.29) is 5.56 Å². The first kappa shape index (κ1) is 13.9. The first-order chi connectivity index (χ1) is 10.2. The van der Waals surface area contributed by atoms with Gasteiger partial charge in [-0.05, 0) is 25.0 Å². The summed E-state index contributed by atoms with van der Waals surface area (Å²) in [6, 6.07) is 5.79. The van der Waals surface area contributed by atoms with Crippen molar-refractivity contribution in [1.82, 2.24) is 9.55 Å². The summed E-state index contributed by atoms with van der Waals surface area (Å²) < 4.78 is 7.02. The summed E-state index contributed by atoms with van der Waals surface area (Å²) in [5.41, 5.74) is 0.718. The third-order valence-electron chi connectivity index (χ3n) is 3.54. The normalized spacial score (nSPS) is 14.0. The smallest absolute Gasteiger partial charge is 0.293 e. The van der Waals surface area contributed by atoms with Crippen LogP contribution in [0.1, 0.15) is 24.4 Å². The van der Waals surface area contributed by atoms with Crippen LogP contribution >= 0.6 is 11.6 Å². The average molecular weight is 306 g/mol. The third kappa shape index (κ3) is 2.88. The highest BCUT2D eigenvalue weighted by atomic mass is 35.5. The highest BCUT2D eigenvalue weighted by Gasteiger charge is 2.25. The van der Waals surface area contributed by atoms with Crippen LogP contribution in [0.3, 0.4) is 0 Å². The number of anilines is 1. The van der Waals surface area contributed by atoms with Gasteiger partial charge in [0.2, 0.25) is 0 Å². The standard InChI is InChI=1S/C15H16ClN3O2/c1-21-13-4-2-3-12(16)11(13)9-18-14-15(20)19(8-7-17-14)10-5-6-10/h2-4,7-8,10H,5-6,9H2,1H3,(H,17,18). The first-order valence-corrected chi connectivity index (χ1v) is 7.21. The molecular weight excluding hydrogens is 290 g/mol. The molecule has 6 heteroatoms. The van der Waals surface area contributed by atoms with Gasteiger partial charge in [-0.1, -0.05) is 17.7 Å². The summed E-state index contributed by atoms with van der Waals surface area (Å²) in [6.45, 7) is 0.389. The summed E-state index contributed by atoms with van der Waals surface area (Å²) in [4.78, 5) is 16.4. The van der Waals surface area contributed by atoms with Crippen molar-refractivity contribution >= 4 is 17.4 Å². The minimum atomic E-state index is -0.0916. The topological polar surface area (TPSA) is 56.1 Å². The molecule has 21 heavy (non-hydrogen) atoms. The lowest BCUT2D eigenvalue weighted by atomic mass is 10.2. The van der Waals surface area contributed by atoms with Crippen molar-refractivity contribution in [2.75, 3.05) is 12.4 Å². The second-order valence-corrected chi connectivity index (χ2v) is 5.40. The number of ether oxygens (including phenoxy) is 1. The molecule has 1 aromatic heterocycles. The maximum absolute atomic E-state index is 12.3. The number of nitrogens with one attached hydrogen (secondary N) is 1. The van der Waals surface area contributed by atoms with E-state index in [4.69, 9.17) is 16.3 Å². The fourth-order valence-corrected chi connectivity index (χ4v) is 2.49. The highest BCUT2D eigenvalue weighted by molar-refractivity contribution is 6.31. The molecule has 0 aliphatic heterocycles. The minimum Gasteiger partial charge on any atom is -0.496 e. The van der Waals surface area contributed by atoms with Crippen molar-refractivity contribution in [2.24, 2.45) is 0 Å². The fourth-order valence-electron chi connectivity index (χ4n) is 2.26. The Bertz CT molecular complexity index is 710. The predicted molar refractivity (Wildman–Crippen MR) is 82.1 cm³/mol. The van der Waals surface area contributed by atoms with Crippen LogP contribution in [0.2, 0.25) is 5.02 Å². The largest absolute Gasteiger partial charge is 0.496 e. The summed E-state index contributed by atoms with van der Waals surface area (Å²) in [6.07, 6.45) is 5.50. The van der Waals surface area contributed by atoms with E-state index in [0.29, 0.717) is 29.2 Å². The molecule has 0 unspecified atom stereocenters. The molecule has 0 spiro atoms. The Morgan fingerprint density at radius 3 is 3.00 bits per heavy atom. The molecule has 5 nitrogen and oxygen atoms in total. The van der Waals surface area contributed by atoms with Gasteiger partial charge < -0.3 is 14.6 Å². The number of hydrogen-bond acceptors (Lipinski definition) is 4. The lowest BCUT2D eigenvalue weighted by molar-refractivity contribution is 0.410. The van der Waals surface area contributed by atoms with Crippen LogP contribution in [0.4, 0.5) is 5.82 Å². The Hall–Kier alpha value is -2.01. The van der Waals surface area contributed by atoms with Crippen molar-refractivity contribution in [3.05, 3.63) is 51.5 Å². The predicted octanol–water partition coefficient (Wildman–Crippen LogP) is 2.85. The van der Waals surface area contributed by atoms with Crippen molar-refractivity contribution in [2.45, 2.75) is 25.4 Å².